The summed E-state index contributed by atoms with van der Waals surface area (Å²) >= 11 is 6.21. The van der Waals surface area contributed by atoms with Gasteiger partial charge in [0.25, 0.3) is 0 Å². The van der Waals surface area contributed by atoms with Gasteiger partial charge in [-0.15, -0.1) is 0 Å². The van der Waals surface area contributed by atoms with Crippen molar-refractivity contribution in [1.29, 1.82) is 0 Å². The summed E-state index contributed by atoms with van der Waals surface area (Å²) in [6.07, 6.45) is 1.34. The largest absolute Gasteiger partial charge is 0.481 e. The fourth-order valence-corrected chi connectivity index (χ4v) is 3.01. The maximum Gasteiger partial charge on any atom is 0.304 e. The Labute approximate surface area is 119 Å². The number of hydrogen-bond donors (Lipinski definition) is 2. The van der Waals surface area contributed by atoms with Crippen molar-refractivity contribution >= 4 is 45.6 Å². The third-order valence-electron chi connectivity index (χ3n) is 2.58. The number of aliphatic carboxylic acids is 1. The molecule has 1 aromatic carbocycles. The number of thiocarbonyl (C=S) groups is 1. The Morgan fingerprint density at radius 1 is 1.42 bits per heavy atom. The quantitative estimate of drug-likeness (QED) is 0.657. The van der Waals surface area contributed by atoms with Crippen LogP contribution in [0.4, 0.5) is 5.69 Å². The highest BCUT2D eigenvalue weighted by atomic mass is 32.2. The molecule has 0 radical (unpaired) electrons. The Morgan fingerprint density at radius 3 is 2.74 bits per heavy atom. The number of nitrogens with one attached hydrogen (secondary N) is 1. The lowest BCUT2D eigenvalue weighted by atomic mass is 10.0. The van der Waals surface area contributed by atoms with Gasteiger partial charge in [0.2, 0.25) is 0 Å². The number of carbonyl (C=O) groups is 2. The van der Waals surface area contributed by atoms with Gasteiger partial charge in [-0.25, -0.2) is 0 Å². The zero-order chi connectivity index (χ0) is 13.8. The van der Waals surface area contributed by atoms with Crippen LogP contribution >= 0.6 is 24.0 Å². The molecule has 6 heteroatoms. The first-order chi connectivity index (χ1) is 9.08. The van der Waals surface area contributed by atoms with E-state index in [0.29, 0.717) is 9.10 Å². The minimum Gasteiger partial charge on any atom is -0.481 e. The Bertz CT molecular complexity index is 554. The molecule has 1 fully saturated rings. The van der Waals surface area contributed by atoms with Crippen LogP contribution in [0.2, 0.25) is 0 Å². The first-order valence-electron chi connectivity index (χ1n) is 5.57. The van der Waals surface area contributed by atoms with Gasteiger partial charge >= 0.3 is 5.97 Å². The lowest BCUT2D eigenvalue weighted by Gasteiger charge is -2.02. The standard InChI is InChI=1S/C13H11NO3S2/c15-11(16)6-9-12(17)10(19-13(9)18)7-14-8-4-2-1-3-5-8/h1-5,7,9,14H,6H2,(H,15,16)/b10-7-. The fraction of sp³-hybridized carbons (Fsp3) is 0.154. The van der Waals surface area contributed by atoms with E-state index in [1.165, 1.54) is 0 Å². The number of benzene rings is 1. The summed E-state index contributed by atoms with van der Waals surface area (Å²) in [7, 11) is 0. The number of rotatable bonds is 4. The molecule has 1 atom stereocenters. The molecule has 1 aliphatic rings. The molecule has 0 bridgehead atoms. The number of carboxylic acid groups (broad SMARTS) is 1. The molecule has 2 N–H and O–H groups in total. The van der Waals surface area contributed by atoms with Crippen molar-refractivity contribution in [1.82, 2.24) is 0 Å². The van der Waals surface area contributed by atoms with E-state index >= 15 is 0 Å². The number of thioether (sulfide) groups is 1. The normalized spacial score (nSPS) is 20.8. The van der Waals surface area contributed by atoms with Crippen molar-refractivity contribution in [2.75, 3.05) is 5.32 Å². The summed E-state index contributed by atoms with van der Waals surface area (Å²) in [5.41, 5.74) is 0.857. The van der Waals surface area contributed by atoms with Gasteiger partial charge < -0.3 is 10.4 Å². The van der Waals surface area contributed by atoms with Gasteiger partial charge in [0.1, 0.15) is 0 Å². The topological polar surface area (TPSA) is 66.4 Å². The lowest BCUT2D eigenvalue weighted by molar-refractivity contribution is -0.139. The van der Waals surface area contributed by atoms with E-state index in [2.05, 4.69) is 5.32 Å². The van der Waals surface area contributed by atoms with Crippen LogP contribution in [-0.4, -0.2) is 21.1 Å². The lowest BCUT2D eigenvalue weighted by Crippen LogP contribution is -2.17. The van der Waals surface area contributed by atoms with Gasteiger partial charge in [0, 0.05) is 11.9 Å². The molecule has 0 aliphatic carbocycles. The molecular formula is C13H11NO3S2. The van der Waals surface area contributed by atoms with Crippen LogP contribution in [0.3, 0.4) is 0 Å². The summed E-state index contributed by atoms with van der Waals surface area (Å²) in [4.78, 5) is 23.1. The summed E-state index contributed by atoms with van der Waals surface area (Å²) < 4.78 is 0.425. The number of ketones is 1. The molecule has 1 saturated heterocycles. The van der Waals surface area contributed by atoms with Crippen LogP contribution in [0, 0.1) is 5.92 Å². The Balaban J connectivity index is 2.08. The Morgan fingerprint density at radius 2 is 2.11 bits per heavy atom. The molecule has 1 unspecified atom stereocenters. The van der Waals surface area contributed by atoms with Gasteiger partial charge in [-0.3, -0.25) is 9.59 Å². The third-order valence-corrected chi connectivity index (χ3v) is 4.14. The first kappa shape index (κ1) is 13.8. The average Bonchev–Trinajstić information content (AvgIpc) is 2.65. The molecule has 0 aromatic heterocycles. The van der Waals surface area contributed by atoms with E-state index in [9.17, 15) is 9.59 Å². The minimum atomic E-state index is -1.02. The van der Waals surface area contributed by atoms with Crippen LogP contribution in [-0.2, 0) is 9.59 Å². The number of hydrogen-bond acceptors (Lipinski definition) is 5. The summed E-state index contributed by atoms with van der Waals surface area (Å²) in [5.74, 6) is -1.93. The predicted molar refractivity (Wildman–Crippen MR) is 79.1 cm³/mol. The molecule has 98 valence electrons. The van der Waals surface area contributed by atoms with Gasteiger partial charge in [0.05, 0.1) is 21.4 Å². The summed E-state index contributed by atoms with van der Waals surface area (Å²) in [5, 5.41) is 11.7. The van der Waals surface area contributed by atoms with E-state index in [-0.39, 0.29) is 12.2 Å². The van der Waals surface area contributed by atoms with Crippen molar-refractivity contribution in [3.8, 4) is 0 Å². The fourth-order valence-electron chi connectivity index (χ4n) is 1.64. The van der Waals surface area contributed by atoms with Crippen molar-refractivity contribution < 1.29 is 14.7 Å². The van der Waals surface area contributed by atoms with Gasteiger partial charge in [-0.2, -0.15) is 0 Å². The number of carbonyl (C=O) groups excluding carboxylic acids is 1. The number of carboxylic acids is 1. The predicted octanol–water partition coefficient (Wildman–Crippen LogP) is 2.67. The molecule has 1 heterocycles. The number of Topliss-reactive ketones (excluding diaryl/α,β-unsaturated/α-hetero) is 1. The second kappa shape index (κ2) is 5.99. The molecule has 0 saturated carbocycles. The number of allylic oxidation sites excluding steroid dienone is 1. The van der Waals surface area contributed by atoms with Crippen LogP contribution in [0.1, 0.15) is 6.42 Å². The highest BCUT2D eigenvalue weighted by Gasteiger charge is 2.36. The van der Waals surface area contributed by atoms with Gasteiger partial charge in [0.15, 0.2) is 5.78 Å². The third kappa shape index (κ3) is 3.42. The maximum absolute atomic E-state index is 12.0. The second-order valence-electron chi connectivity index (χ2n) is 3.95. The van der Waals surface area contributed by atoms with Crippen molar-refractivity contribution in [3.63, 3.8) is 0 Å². The van der Waals surface area contributed by atoms with E-state index in [4.69, 9.17) is 17.3 Å². The van der Waals surface area contributed by atoms with E-state index in [1.807, 2.05) is 30.3 Å². The maximum atomic E-state index is 12.0. The van der Waals surface area contributed by atoms with Crippen molar-refractivity contribution in [2.45, 2.75) is 6.42 Å². The summed E-state index contributed by atoms with van der Waals surface area (Å²) in [6.45, 7) is 0. The highest BCUT2D eigenvalue weighted by Crippen LogP contribution is 2.36. The van der Waals surface area contributed by atoms with Crippen LogP contribution in [0.5, 0.6) is 0 Å². The van der Waals surface area contributed by atoms with Gasteiger partial charge in [-0.05, 0) is 12.1 Å². The first-order valence-corrected chi connectivity index (χ1v) is 6.80. The molecular weight excluding hydrogens is 282 g/mol. The molecule has 0 amide bonds. The van der Waals surface area contributed by atoms with Crippen LogP contribution < -0.4 is 5.32 Å². The SMILES string of the molecule is O=C(O)CC1C(=O)/C(=C/Nc2ccccc2)SC1=S. The van der Waals surface area contributed by atoms with Crippen LogP contribution in [0.15, 0.2) is 41.4 Å². The average molecular weight is 293 g/mol. The molecule has 0 spiro atoms. The van der Waals surface area contributed by atoms with Crippen molar-refractivity contribution in [2.24, 2.45) is 5.92 Å². The molecule has 1 aromatic rings. The minimum absolute atomic E-state index is 0.221. The van der Waals surface area contributed by atoms with Gasteiger partial charge in [-0.1, -0.05) is 42.2 Å². The summed E-state index contributed by atoms with van der Waals surface area (Å²) in [6, 6.07) is 9.39. The number of para-hydroxylation sites is 1. The smallest absolute Gasteiger partial charge is 0.304 e. The number of anilines is 1. The molecule has 19 heavy (non-hydrogen) atoms. The van der Waals surface area contributed by atoms with Crippen LogP contribution in [0.25, 0.3) is 0 Å². The van der Waals surface area contributed by atoms with E-state index in [1.54, 1.807) is 6.20 Å². The molecule has 1 aliphatic heterocycles. The van der Waals surface area contributed by atoms with E-state index < -0.39 is 11.9 Å². The Hall–Kier alpha value is -1.66. The molecule has 4 nitrogen and oxygen atoms in total. The molecule has 2 rings (SSSR count). The zero-order valence-electron chi connectivity index (χ0n) is 9.83. The van der Waals surface area contributed by atoms with Crippen molar-refractivity contribution in [3.05, 3.63) is 41.4 Å². The Kier molecular flexibility index (Phi) is 4.34. The van der Waals surface area contributed by atoms with E-state index in [0.717, 1.165) is 17.4 Å². The zero-order valence-corrected chi connectivity index (χ0v) is 11.5. The monoisotopic (exact) mass is 293 g/mol. The second-order valence-corrected chi connectivity index (χ2v) is 5.74. The highest BCUT2D eigenvalue weighted by molar-refractivity contribution is 8.27.